The summed E-state index contributed by atoms with van der Waals surface area (Å²) in [6.45, 7) is 4.98. The van der Waals surface area contributed by atoms with Gasteiger partial charge in [0.15, 0.2) is 0 Å². The van der Waals surface area contributed by atoms with Crippen molar-refractivity contribution in [3.05, 3.63) is 12.2 Å². The van der Waals surface area contributed by atoms with Gasteiger partial charge in [0.2, 0.25) is 5.91 Å². The van der Waals surface area contributed by atoms with Gasteiger partial charge in [0.05, 0.1) is 25.4 Å². The van der Waals surface area contributed by atoms with Crippen molar-refractivity contribution in [2.24, 2.45) is 0 Å². The molecule has 0 heterocycles. The molecular formula is C69H135NO5. The van der Waals surface area contributed by atoms with E-state index in [0.29, 0.717) is 25.9 Å². The molecule has 0 spiro atoms. The van der Waals surface area contributed by atoms with Gasteiger partial charge in [-0.3, -0.25) is 9.59 Å². The van der Waals surface area contributed by atoms with Crippen LogP contribution in [0.25, 0.3) is 0 Å². The van der Waals surface area contributed by atoms with Crippen LogP contribution in [0.15, 0.2) is 12.2 Å². The summed E-state index contributed by atoms with van der Waals surface area (Å²) in [5, 5.41) is 23.3. The number of allylic oxidation sites excluding steroid dienone is 2. The molecule has 446 valence electrons. The minimum Gasteiger partial charge on any atom is -0.466 e. The van der Waals surface area contributed by atoms with Crippen molar-refractivity contribution in [3.8, 4) is 0 Å². The Morgan fingerprint density at radius 2 is 0.627 bits per heavy atom. The number of hydrogen-bond donors (Lipinski definition) is 3. The maximum absolute atomic E-state index is 12.5. The number of amides is 1. The van der Waals surface area contributed by atoms with E-state index in [1.165, 1.54) is 315 Å². The molecule has 0 fully saturated rings. The van der Waals surface area contributed by atoms with Crippen LogP contribution in [-0.4, -0.2) is 47.4 Å². The Morgan fingerprint density at radius 1 is 0.360 bits per heavy atom. The van der Waals surface area contributed by atoms with Crippen LogP contribution in [0.3, 0.4) is 0 Å². The van der Waals surface area contributed by atoms with Gasteiger partial charge < -0.3 is 20.3 Å². The Balaban J connectivity index is 3.34. The monoisotopic (exact) mass is 1060 g/mol. The molecule has 3 N–H and O–H groups in total. The fraction of sp³-hybridized carbons (Fsp3) is 0.942. The van der Waals surface area contributed by atoms with Crippen LogP contribution in [0, 0.1) is 0 Å². The van der Waals surface area contributed by atoms with Crippen LogP contribution >= 0.6 is 0 Å². The zero-order chi connectivity index (χ0) is 54.3. The second-order valence-corrected chi connectivity index (χ2v) is 23.9. The molecule has 2 atom stereocenters. The standard InChI is InChI=1S/C69H135NO5/c1-3-5-7-9-11-13-15-17-19-33-37-41-45-49-53-57-61-67(72)66(65-71)70-68(73)62-58-54-50-46-42-38-34-31-29-27-25-23-21-22-24-26-28-30-32-36-40-44-48-52-56-60-64-75-69(74)63-59-55-51-47-43-39-35-20-18-16-14-12-10-8-6-4-2/h20,35,66-67,71-72H,3-19,21-34,36-65H2,1-2H3,(H,70,73)/b35-20-. The topological polar surface area (TPSA) is 95.9 Å². The van der Waals surface area contributed by atoms with Crippen molar-refractivity contribution in [2.75, 3.05) is 13.2 Å². The Morgan fingerprint density at radius 3 is 0.947 bits per heavy atom. The number of unbranched alkanes of at least 4 members (excludes halogenated alkanes) is 52. The number of nitrogens with one attached hydrogen (secondary N) is 1. The molecule has 6 heteroatoms. The fourth-order valence-electron chi connectivity index (χ4n) is 11.1. The largest absolute Gasteiger partial charge is 0.466 e. The summed E-state index contributed by atoms with van der Waals surface area (Å²) in [5.74, 6) is -0.0184. The highest BCUT2D eigenvalue weighted by molar-refractivity contribution is 5.76. The lowest BCUT2D eigenvalue weighted by Gasteiger charge is -2.22. The Hall–Kier alpha value is -1.40. The number of esters is 1. The fourth-order valence-corrected chi connectivity index (χ4v) is 11.1. The van der Waals surface area contributed by atoms with Gasteiger partial charge in [0, 0.05) is 12.8 Å². The first kappa shape index (κ1) is 73.6. The van der Waals surface area contributed by atoms with E-state index < -0.39 is 12.1 Å². The Kier molecular flexibility index (Phi) is 63.9. The molecule has 0 aromatic rings. The minimum atomic E-state index is -0.662. The average Bonchev–Trinajstić information content (AvgIpc) is 3.41. The number of rotatable bonds is 65. The number of carbonyl (C=O) groups excluding carboxylic acids is 2. The van der Waals surface area contributed by atoms with Crippen molar-refractivity contribution in [1.29, 1.82) is 0 Å². The first-order valence-electron chi connectivity index (χ1n) is 34.4. The van der Waals surface area contributed by atoms with Gasteiger partial charge in [0.1, 0.15) is 0 Å². The smallest absolute Gasteiger partial charge is 0.305 e. The lowest BCUT2D eigenvalue weighted by atomic mass is 10.0. The van der Waals surface area contributed by atoms with Gasteiger partial charge in [-0.05, 0) is 51.4 Å². The number of ether oxygens (including phenoxy) is 1. The minimum absolute atomic E-state index is 0.0109. The van der Waals surface area contributed by atoms with Crippen molar-refractivity contribution in [1.82, 2.24) is 5.32 Å². The summed E-state index contributed by atoms with van der Waals surface area (Å²) < 4.78 is 5.50. The molecule has 0 aliphatic carbocycles. The molecule has 0 radical (unpaired) electrons. The highest BCUT2D eigenvalue weighted by atomic mass is 16.5. The third-order valence-corrected chi connectivity index (χ3v) is 16.3. The van der Waals surface area contributed by atoms with E-state index in [1.54, 1.807) is 0 Å². The molecule has 75 heavy (non-hydrogen) atoms. The lowest BCUT2D eigenvalue weighted by Crippen LogP contribution is -2.45. The zero-order valence-corrected chi connectivity index (χ0v) is 51.1. The highest BCUT2D eigenvalue weighted by Gasteiger charge is 2.20. The van der Waals surface area contributed by atoms with Gasteiger partial charge in [0.25, 0.3) is 0 Å². The van der Waals surface area contributed by atoms with E-state index in [2.05, 4.69) is 31.3 Å². The summed E-state index contributed by atoms with van der Waals surface area (Å²) in [6, 6.07) is -0.539. The van der Waals surface area contributed by atoms with E-state index in [0.717, 1.165) is 44.9 Å². The van der Waals surface area contributed by atoms with Crippen LogP contribution < -0.4 is 5.32 Å². The molecule has 6 nitrogen and oxygen atoms in total. The summed E-state index contributed by atoms with van der Waals surface area (Å²) in [6.07, 6.45) is 79.6. The molecule has 1 amide bonds. The van der Waals surface area contributed by atoms with E-state index in [9.17, 15) is 19.8 Å². The predicted molar refractivity (Wildman–Crippen MR) is 329 cm³/mol. The first-order chi connectivity index (χ1) is 37.0. The predicted octanol–water partition coefficient (Wildman–Crippen LogP) is 22.0. The number of carbonyl (C=O) groups is 2. The summed E-state index contributed by atoms with van der Waals surface area (Å²) in [5.41, 5.74) is 0. The number of aliphatic hydroxyl groups excluding tert-OH is 2. The summed E-state index contributed by atoms with van der Waals surface area (Å²) >= 11 is 0. The maximum atomic E-state index is 12.5. The molecule has 0 bridgehead atoms. The van der Waals surface area contributed by atoms with Crippen molar-refractivity contribution in [2.45, 2.75) is 405 Å². The molecule has 0 rings (SSSR count). The molecule has 0 saturated heterocycles. The third kappa shape index (κ3) is 61.7. The highest BCUT2D eigenvalue weighted by Crippen LogP contribution is 2.19. The van der Waals surface area contributed by atoms with Gasteiger partial charge in [-0.15, -0.1) is 0 Å². The van der Waals surface area contributed by atoms with E-state index in [4.69, 9.17) is 4.74 Å². The Labute approximate surface area is 469 Å². The van der Waals surface area contributed by atoms with Crippen molar-refractivity contribution in [3.63, 3.8) is 0 Å². The lowest BCUT2D eigenvalue weighted by molar-refractivity contribution is -0.143. The summed E-state index contributed by atoms with van der Waals surface area (Å²) in [4.78, 5) is 24.6. The molecule has 0 saturated carbocycles. The number of aliphatic hydroxyl groups is 2. The van der Waals surface area contributed by atoms with Gasteiger partial charge in [-0.2, -0.15) is 0 Å². The van der Waals surface area contributed by atoms with Crippen LogP contribution in [0.1, 0.15) is 393 Å². The third-order valence-electron chi connectivity index (χ3n) is 16.3. The van der Waals surface area contributed by atoms with Crippen molar-refractivity contribution < 1.29 is 24.5 Å². The van der Waals surface area contributed by atoms with Crippen LogP contribution in [0.5, 0.6) is 0 Å². The molecule has 0 aliphatic rings. The second-order valence-electron chi connectivity index (χ2n) is 23.9. The molecule has 0 aromatic heterocycles. The van der Waals surface area contributed by atoms with Gasteiger partial charge >= 0.3 is 5.97 Å². The van der Waals surface area contributed by atoms with Crippen molar-refractivity contribution >= 4 is 11.9 Å². The van der Waals surface area contributed by atoms with Gasteiger partial charge in [-0.25, -0.2) is 0 Å². The quantitative estimate of drug-likeness (QED) is 0.0320. The second kappa shape index (κ2) is 65.1. The first-order valence-corrected chi connectivity index (χ1v) is 34.4. The van der Waals surface area contributed by atoms with E-state index in [-0.39, 0.29) is 18.5 Å². The van der Waals surface area contributed by atoms with Crippen LogP contribution in [0.4, 0.5) is 0 Å². The SMILES string of the molecule is CCCCCCCCC/C=C\CCCCCCCC(=O)OCCCCCCCCCCCCCCCCCCCCCCCCCCCCC(=O)NC(CO)C(O)CCCCCCCCCCCCCCCCCC. The zero-order valence-electron chi connectivity index (χ0n) is 51.1. The van der Waals surface area contributed by atoms with Gasteiger partial charge in [-0.1, -0.05) is 341 Å². The Bertz CT molecular complexity index is 1130. The average molecular weight is 1060 g/mol. The summed E-state index contributed by atoms with van der Waals surface area (Å²) in [7, 11) is 0. The number of hydrogen-bond acceptors (Lipinski definition) is 5. The van der Waals surface area contributed by atoms with Crippen LogP contribution in [-0.2, 0) is 14.3 Å². The molecule has 0 aromatic carbocycles. The molecule has 0 aliphatic heterocycles. The van der Waals surface area contributed by atoms with E-state index >= 15 is 0 Å². The van der Waals surface area contributed by atoms with E-state index in [1.807, 2.05) is 0 Å². The normalized spacial score (nSPS) is 12.5. The van der Waals surface area contributed by atoms with Crippen LogP contribution in [0.2, 0.25) is 0 Å². The molecule has 2 unspecified atom stereocenters. The molecular weight excluding hydrogens is 923 g/mol. The maximum Gasteiger partial charge on any atom is 0.305 e.